The van der Waals surface area contributed by atoms with E-state index in [-0.39, 0.29) is 0 Å². The second-order valence-corrected chi connectivity index (χ2v) is 3.57. The van der Waals surface area contributed by atoms with Crippen LogP contribution in [0.4, 0.5) is 0 Å². The fourth-order valence-corrected chi connectivity index (χ4v) is 1.78. The lowest BCUT2D eigenvalue weighted by Gasteiger charge is -2.08. The first-order chi connectivity index (χ1) is 5.84. The Labute approximate surface area is 74.9 Å². The van der Waals surface area contributed by atoms with Crippen LogP contribution in [-0.4, -0.2) is 5.78 Å². The molecule has 1 aliphatic carbocycles. The maximum absolute atomic E-state index is 11.5. The van der Waals surface area contributed by atoms with Gasteiger partial charge >= 0.3 is 0 Å². The van der Waals surface area contributed by atoms with Gasteiger partial charge in [-0.15, -0.1) is 0 Å². The molecule has 0 heterocycles. The SMILES string of the molecule is CC=CCC1CCCCCC1=O. The van der Waals surface area contributed by atoms with Crippen LogP contribution in [0, 0.1) is 5.92 Å². The summed E-state index contributed by atoms with van der Waals surface area (Å²) in [6, 6.07) is 0. The molecule has 0 amide bonds. The third kappa shape index (κ3) is 2.80. The van der Waals surface area contributed by atoms with Crippen molar-refractivity contribution < 1.29 is 4.79 Å². The zero-order valence-electron chi connectivity index (χ0n) is 7.88. The zero-order chi connectivity index (χ0) is 8.81. The zero-order valence-corrected chi connectivity index (χ0v) is 7.88. The summed E-state index contributed by atoms with van der Waals surface area (Å²) in [6.07, 6.45) is 10.7. The molecule has 0 aromatic rings. The molecule has 1 atom stereocenters. The molecule has 1 unspecified atom stereocenters. The molecule has 0 saturated heterocycles. The fourth-order valence-electron chi connectivity index (χ4n) is 1.78. The first-order valence-corrected chi connectivity index (χ1v) is 4.98. The molecule has 1 saturated carbocycles. The fraction of sp³-hybridized carbons (Fsp3) is 0.727. The minimum atomic E-state index is 0.337. The lowest BCUT2D eigenvalue weighted by atomic mass is 9.95. The van der Waals surface area contributed by atoms with E-state index >= 15 is 0 Å². The van der Waals surface area contributed by atoms with Crippen molar-refractivity contribution >= 4 is 5.78 Å². The number of allylic oxidation sites excluding steroid dienone is 2. The van der Waals surface area contributed by atoms with Gasteiger partial charge in [0.15, 0.2) is 0 Å². The third-order valence-electron chi connectivity index (χ3n) is 2.59. The van der Waals surface area contributed by atoms with E-state index in [9.17, 15) is 4.79 Å². The summed E-state index contributed by atoms with van der Waals surface area (Å²) in [6.45, 7) is 2.02. The van der Waals surface area contributed by atoms with E-state index in [4.69, 9.17) is 0 Å². The molecule has 0 N–H and O–H groups in total. The molecule has 1 nitrogen and oxygen atoms in total. The Bertz CT molecular complexity index is 170. The Morgan fingerprint density at radius 3 is 3.00 bits per heavy atom. The first-order valence-electron chi connectivity index (χ1n) is 4.98. The highest BCUT2D eigenvalue weighted by atomic mass is 16.1. The standard InChI is InChI=1S/C11H18O/c1-2-3-7-10-8-5-4-6-9-11(10)12/h2-3,10H,4-9H2,1H3. The Hall–Kier alpha value is -0.590. The number of hydrogen-bond acceptors (Lipinski definition) is 1. The average molecular weight is 166 g/mol. The third-order valence-corrected chi connectivity index (χ3v) is 2.59. The second-order valence-electron chi connectivity index (χ2n) is 3.57. The summed E-state index contributed by atoms with van der Waals surface area (Å²) in [5.74, 6) is 0.828. The molecule has 0 radical (unpaired) electrons. The summed E-state index contributed by atoms with van der Waals surface area (Å²) in [5.41, 5.74) is 0. The maximum atomic E-state index is 11.5. The molecule has 0 aliphatic heterocycles. The van der Waals surface area contributed by atoms with Crippen molar-refractivity contribution in [3.63, 3.8) is 0 Å². The van der Waals surface area contributed by atoms with Crippen molar-refractivity contribution in [3.8, 4) is 0 Å². The summed E-state index contributed by atoms with van der Waals surface area (Å²) in [7, 11) is 0. The van der Waals surface area contributed by atoms with Gasteiger partial charge in [0, 0.05) is 12.3 Å². The van der Waals surface area contributed by atoms with Crippen molar-refractivity contribution in [2.75, 3.05) is 0 Å². The van der Waals surface area contributed by atoms with Gasteiger partial charge < -0.3 is 0 Å². The van der Waals surface area contributed by atoms with Crippen LogP contribution in [0.2, 0.25) is 0 Å². The van der Waals surface area contributed by atoms with Gasteiger partial charge in [0.05, 0.1) is 0 Å². The van der Waals surface area contributed by atoms with Gasteiger partial charge in [-0.3, -0.25) is 4.79 Å². The van der Waals surface area contributed by atoms with Crippen molar-refractivity contribution in [2.45, 2.75) is 45.4 Å². The number of ketones is 1. The van der Waals surface area contributed by atoms with Crippen LogP contribution in [0.1, 0.15) is 45.4 Å². The van der Waals surface area contributed by atoms with Gasteiger partial charge in [-0.05, 0) is 26.2 Å². The topological polar surface area (TPSA) is 17.1 Å². The van der Waals surface area contributed by atoms with E-state index in [0.29, 0.717) is 11.7 Å². The van der Waals surface area contributed by atoms with Crippen LogP contribution in [0.25, 0.3) is 0 Å². The largest absolute Gasteiger partial charge is 0.299 e. The molecule has 0 bridgehead atoms. The summed E-state index contributed by atoms with van der Waals surface area (Å²) >= 11 is 0. The Morgan fingerprint density at radius 1 is 1.42 bits per heavy atom. The van der Waals surface area contributed by atoms with Crippen LogP contribution >= 0.6 is 0 Å². The number of rotatable bonds is 2. The molecule has 1 rings (SSSR count). The van der Waals surface area contributed by atoms with Gasteiger partial charge in [0.2, 0.25) is 0 Å². The highest BCUT2D eigenvalue weighted by Gasteiger charge is 2.18. The van der Waals surface area contributed by atoms with Gasteiger partial charge in [-0.2, -0.15) is 0 Å². The highest BCUT2D eigenvalue weighted by molar-refractivity contribution is 5.81. The molecule has 0 aromatic carbocycles. The van der Waals surface area contributed by atoms with Gasteiger partial charge in [0.25, 0.3) is 0 Å². The molecule has 1 heteroatoms. The minimum Gasteiger partial charge on any atom is -0.299 e. The molecular weight excluding hydrogens is 148 g/mol. The molecule has 1 aliphatic rings. The molecular formula is C11H18O. The summed E-state index contributed by atoms with van der Waals surface area (Å²) in [4.78, 5) is 11.5. The normalized spacial score (nSPS) is 26.1. The Balaban J connectivity index is 2.42. The summed E-state index contributed by atoms with van der Waals surface area (Å²) in [5, 5.41) is 0. The van der Waals surface area contributed by atoms with Gasteiger partial charge in [-0.25, -0.2) is 0 Å². The molecule has 0 spiro atoms. The van der Waals surface area contributed by atoms with Crippen LogP contribution in [-0.2, 0) is 4.79 Å². The lowest BCUT2D eigenvalue weighted by Crippen LogP contribution is -2.11. The number of Topliss-reactive ketones (excluding diaryl/α,β-unsaturated/α-hetero) is 1. The number of hydrogen-bond donors (Lipinski definition) is 0. The van der Waals surface area contributed by atoms with Crippen LogP contribution in [0.3, 0.4) is 0 Å². The number of carbonyl (C=O) groups is 1. The van der Waals surface area contributed by atoms with E-state index in [1.54, 1.807) is 0 Å². The minimum absolute atomic E-state index is 0.337. The maximum Gasteiger partial charge on any atom is 0.136 e. The van der Waals surface area contributed by atoms with Gasteiger partial charge in [0.1, 0.15) is 5.78 Å². The van der Waals surface area contributed by atoms with Crippen molar-refractivity contribution in [1.82, 2.24) is 0 Å². The van der Waals surface area contributed by atoms with Crippen LogP contribution < -0.4 is 0 Å². The van der Waals surface area contributed by atoms with E-state index in [1.807, 2.05) is 13.0 Å². The predicted octanol–water partition coefficient (Wildman–Crippen LogP) is 3.10. The average Bonchev–Trinajstić information content (AvgIpc) is 2.27. The van der Waals surface area contributed by atoms with Gasteiger partial charge in [-0.1, -0.05) is 25.0 Å². The van der Waals surface area contributed by atoms with Crippen LogP contribution in [0.15, 0.2) is 12.2 Å². The Kier molecular flexibility index (Phi) is 4.06. The van der Waals surface area contributed by atoms with E-state index in [2.05, 4.69) is 6.08 Å². The molecule has 68 valence electrons. The van der Waals surface area contributed by atoms with Crippen molar-refractivity contribution in [1.29, 1.82) is 0 Å². The monoisotopic (exact) mass is 166 g/mol. The molecule has 12 heavy (non-hydrogen) atoms. The number of carbonyl (C=O) groups excluding carboxylic acids is 1. The van der Waals surface area contributed by atoms with Crippen molar-refractivity contribution in [2.24, 2.45) is 5.92 Å². The molecule has 0 aromatic heterocycles. The Morgan fingerprint density at radius 2 is 2.25 bits per heavy atom. The smallest absolute Gasteiger partial charge is 0.136 e. The lowest BCUT2D eigenvalue weighted by molar-refractivity contribution is -0.122. The quantitative estimate of drug-likeness (QED) is 0.455. The second kappa shape index (κ2) is 5.13. The first kappa shape index (κ1) is 9.50. The van der Waals surface area contributed by atoms with E-state index < -0.39 is 0 Å². The van der Waals surface area contributed by atoms with E-state index in [0.717, 1.165) is 25.7 Å². The molecule has 1 fully saturated rings. The van der Waals surface area contributed by atoms with E-state index in [1.165, 1.54) is 12.8 Å². The van der Waals surface area contributed by atoms with Crippen molar-refractivity contribution in [3.05, 3.63) is 12.2 Å². The highest BCUT2D eigenvalue weighted by Crippen LogP contribution is 2.22. The summed E-state index contributed by atoms with van der Waals surface area (Å²) < 4.78 is 0. The van der Waals surface area contributed by atoms with Crippen LogP contribution in [0.5, 0.6) is 0 Å². The predicted molar refractivity (Wildman–Crippen MR) is 51.0 cm³/mol.